The van der Waals surface area contributed by atoms with Gasteiger partial charge in [0.05, 0.1) is 13.2 Å². The van der Waals surface area contributed by atoms with Crippen LogP contribution in [0.25, 0.3) is 0 Å². The van der Waals surface area contributed by atoms with Crippen LogP contribution in [0.15, 0.2) is 18.2 Å². The molecule has 0 aliphatic carbocycles. The van der Waals surface area contributed by atoms with Crippen LogP contribution in [-0.4, -0.2) is 43.7 Å². The van der Waals surface area contributed by atoms with Gasteiger partial charge in [0.1, 0.15) is 0 Å². The van der Waals surface area contributed by atoms with E-state index in [1.807, 2.05) is 4.90 Å². The third kappa shape index (κ3) is 3.19. The average molecular weight is 274 g/mol. The van der Waals surface area contributed by atoms with E-state index in [1.54, 1.807) is 0 Å². The monoisotopic (exact) mass is 274 g/mol. The molecule has 0 atom stereocenters. The quantitative estimate of drug-likeness (QED) is 0.898. The number of carbonyl (C=O) groups excluding carboxylic acids is 1. The first-order chi connectivity index (χ1) is 9.83. The van der Waals surface area contributed by atoms with Gasteiger partial charge in [-0.3, -0.25) is 4.79 Å². The lowest BCUT2D eigenvalue weighted by molar-refractivity contribution is -0.135. The fraction of sp³-hybridized carbons (Fsp3) is 0.562. The number of benzene rings is 1. The number of hydrogen-bond acceptors (Lipinski definition) is 3. The van der Waals surface area contributed by atoms with Crippen LogP contribution in [0.5, 0.6) is 0 Å². The summed E-state index contributed by atoms with van der Waals surface area (Å²) in [7, 11) is 0. The number of nitrogens with one attached hydrogen (secondary N) is 1. The third-order valence-corrected chi connectivity index (χ3v) is 4.15. The van der Waals surface area contributed by atoms with Crippen molar-refractivity contribution in [3.63, 3.8) is 0 Å². The molecule has 2 aliphatic rings. The maximum absolute atomic E-state index is 12.1. The van der Waals surface area contributed by atoms with Crippen LogP contribution in [0.1, 0.15) is 23.1 Å². The lowest BCUT2D eigenvalue weighted by Gasteiger charge is -2.27. The minimum absolute atomic E-state index is 0.257. The summed E-state index contributed by atoms with van der Waals surface area (Å²) < 4.78 is 5.28. The average Bonchev–Trinajstić information content (AvgIpc) is 2.53. The van der Waals surface area contributed by atoms with E-state index in [-0.39, 0.29) is 5.91 Å². The van der Waals surface area contributed by atoms with Crippen molar-refractivity contribution < 1.29 is 9.53 Å². The number of rotatable bonds is 3. The molecular weight excluding hydrogens is 252 g/mol. The standard InChI is InChI=1S/C16H22N2O2/c19-16(18-7-9-20-10-8-18)4-2-13-1-3-15-12-17-6-5-14(15)11-13/h1,3,11,17H,2,4-10,12H2. The van der Waals surface area contributed by atoms with Crippen molar-refractivity contribution in [3.05, 3.63) is 34.9 Å². The molecule has 0 saturated carbocycles. The Kier molecular flexibility index (Phi) is 4.33. The molecule has 1 saturated heterocycles. The smallest absolute Gasteiger partial charge is 0.223 e. The topological polar surface area (TPSA) is 41.6 Å². The Hall–Kier alpha value is -1.39. The number of amides is 1. The molecule has 1 aromatic carbocycles. The molecule has 2 heterocycles. The Labute approximate surface area is 120 Å². The second-order valence-corrected chi connectivity index (χ2v) is 5.52. The van der Waals surface area contributed by atoms with Crippen molar-refractivity contribution in [1.29, 1.82) is 0 Å². The minimum Gasteiger partial charge on any atom is -0.378 e. The molecule has 108 valence electrons. The number of ether oxygens (including phenoxy) is 1. The number of carbonyl (C=O) groups is 1. The van der Waals surface area contributed by atoms with Crippen molar-refractivity contribution in [2.24, 2.45) is 0 Å². The van der Waals surface area contributed by atoms with E-state index in [4.69, 9.17) is 4.74 Å². The summed E-state index contributed by atoms with van der Waals surface area (Å²) in [5.74, 6) is 0.257. The highest BCUT2D eigenvalue weighted by Crippen LogP contribution is 2.17. The maximum atomic E-state index is 12.1. The zero-order valence-electron chi connectivity index (χ0n) is 11.9. The van der Waals surface area contributed by atoms with Gasteiger partial charge in [0.15, 0.2) is 0 Å². The summed E-state index contributed by atoms with van der Waals surface area (Å²) in [4.78, 5) is 14.0. The second-order valence-electron chi connectivity index (χ2n) is 5.52. The van der Waals surface area contributed by atoms with Crippen LogP contribution >= 0.6 is 0 Å². The molecule has 0 bridgehead atoms. The first-order valence-electron chi connectivity index (χ1n) is 7.50. The molecule has 2 aliphatic heterocycles. The number of aryl methyl sites for hydroxylation is 1. The number of nitrogens with zero attached hydrogens (tertiary/aromatic N) is 1. The fourth-order valence-electron chi connectivity index (χ4n) is 2.91. The molecule has 0 radical (unpaired) electrons. The summed E-state index contributed by atoms with van der Waals surface area (Å²) >= 11 is 0. The van der Waals surface area contributed by atoms with E-state index in [1.165, 1.54) is 16.7 Å². The van der Waals surface area contributed by atoms with Gasteiger partial charge in [-0.15, -0.1) is 0 Å². The predicted molar refractivity (Wildman–Crippen MR) is 77.6 cm³/mol. The summed E-state index contributed by atoms with van der Waals surface area (Å²) in [5.41, 5.74) is 4.13. The molecule has 1 amide bonds. The second kappa shape index (κ2) is 6.37. The number of morpholine rings is 1. The van der Waals surface area contributed by atoms with E-state index < -0.39 is 0 Å². The number of hydrogen-bond donors (Lipinski definition) is 1. The van der Waals surface area contributed by atoms with Crippen LogP contribution in [-0.2, 0) is 28.9 Å². The van der Waals surface area contributed by atoms with Crippen LogP contribution < -0.4 is 5.32 Å². The van der Waals surface area contributed by atoms with E-state index in [0.717, 1.165) is 39.0 Å². The lowest BCUT2D eigenvalue weighted by atomic mass is 9.96. The zero-order chi connectivity index (χ0) is 13.8. The Morgan fingerprint density at radius 2 is 2.10 bits per heavy atom. The summed E-state index contributed by atoms with van der Waals surface area (Å²) in [6.45, 7) is 4.88. The Bertz CT molecular complexity index is 481. The predicted octanol–water partition coefficient (Wildman–Crippen LogP) is 1.12. The summed E-state index contributed by atoms with van der Waals surface area (Å²) in [5, 5.41) is 3.38. The molecule has 0 unspecified atom stereocenters. The molecule has 0 aromatic heterocycles. The fourth-order valence-corrected chi connectivity index (χ4v) is 2.91. The van der Waals surface area contributed by atoms with E-state index in [0.29, 0.717) is 19.6 Å². The first-order valence-corrected chi connectivity index (χ1v) is 7.50. The highest BCUT2D eigenvalue weighted by Gasteiger charge is 2.16. The molecule has 4 nitrogen and oxygen atoms in total. The number of fused-ring (bicyclic) bond motifs is 1. The van der Waals surface area contributed by atoms with Gasteiger partial charge in [0, 0.05) is 26.1 Å². The van der Waals surface area contributed by atoms with Crippen molar-refractivity contribution in [1.82, 2.24) is 10.2 Å². The Morgan fingerprint density at radius 3 is 2.95 bits per heavy atom. The van der Waals surface area contributed by atoms with Crippen molar-refractivity contribution >= 4 is 5.91 Å². The largest absolute Gasteiger partial charge is 0.378 e. The summed E-state index contributed by atoms with van der Waals surface area (Å²) in [6, 6.07) is 6.65. The van der Waals surface area contributed by atoms with Gasteiger partial charge in [-0.25, -0.2) is 0 Å². The van der Waals surface area contributed by atoms with E-state index in [2.05, 4.69) is 23.5 Å². The normalized spacial score (nSPS) is 18.7. The van der Waals surface area contributed by atoms with Gasteiger partial charge in [0.25, 0.3) is 0 Å². The minimum atomic E-state index is 0.257. The van der Waals surface area contributed by atoms with Gasteiger partial charge >= 0.3 is 0 Å². The van der Waals surface area contributed by atoms with Gasteiger partial charge in [0.2, 0.25) is 5.91 Å². The first kappa shape index (κ1) is 13.6. The highest BCUT2D eigenvalue weighted by molar-refractivity contribution is 5.76. The van der Waals surface area contributed by atoms with Gasteiger partial charge < -0.3 is 15.0 Å². The zero-order valence-corrected chi connectivity index (χ0v) is 11.9. The molecule has 3 rings (SSSR count). The lowest BCUT2D eigenvalue weighted by Crippen LogP contribution is -2.40. The van der Waals surface area contributed by atoms with Crippen molar-refractivity contribution in [3.8, 4) is 0 Å². The Balaban J connectivity index is 1.56. The van der Waals surface area contributed by atoms with Gasteiger partial charge in [-0.05, 0) is 36.1 Å². The van der Waals surface area contributed by atoms with Gasteiger partial charge in [-0.1, -0.05) is 18.2 Å². The maximum Gasteiger partial charge on any atom is 0.223 e. The SMILES string of the molecule is O=C(CCc1ccc2c(c1)CCNC2)N1CCOCC1. The molecule has 20 heavy (non-hydrogen) atoms. The highest BCUT2D eigenvalue weighted by atomic mass is 16.5. The van der Waals surface area contributed by atoms with E-state index in [9.17, 15) is 4.79 Å². The third-order valence-electron chi connectivity index (χ3n) is 4.15. The molecule has 0 spiro atoms. The van der Waals surface area contributed by atoms with Gasteiger partial charge in [-0.2, -0.15) is 0 Å². The molecular formula is C16H22N2O2. The van der Waals surface area contributed by atoms with Crippen LogP contribution in [0.4, 0.5) is 0 Å². The van der Waals surface area contributed by atoms with Crippen LogP contribution in [0, 0.1) is 0 Å². The van der Waals surface area contributed by atoms with E-state index >= 15 is 0 Å². The summed E-state index contributed by atoms with van der Waals surface area (Å²) in [6.07, 6.45) is 2.55. The molecule has 1 N–H and O–H groups in total. The van der Waals surface area contributed by atoms with Crippen LogP contribution in [0.2, 0.25) is 0 Å². The Morgan fingerprint density at radius 1 is 1.25 bits per heavy atom. The molecule has 1 fully saturated rings. The van der Waals surface area contributed by atoms with Crippen LogP contribution in [0.3, 0.4) is 0 Å². The molecule has 4 heteroatoms. The molecule has 1 aromatic rings. The van der Waals surface area contributed by atoms with Crippen molar-refractivity contribution in [2.45, 2.75) is 25.8 Å². The van der Waals surface area contributed by atoms with Crippen molar-refractivity contribution in [2.75, 3.05) is 32.8 Å².